The molecule has 0 fully saturated rings. The summed E-state index contributed by atoms with van der Waals surface area (Å²) >= 11 is 0. The molecule has 92 valence electrons. The third-order valence-corrected chi connectivity index (χ3v) is 4.89. The molecule has 0 amide bonds. The Morgan fingerprint density at radius 3 is 2.61 bits per heavy atom. The second-order valence-corrected chi connectivity index (χ2v) is 6.16. The van der Waals surface area contributed by atoms with Crippen LogP contribution in [0.2, 0.25) is 0 Å². The van der Waals surface area contributed by atoms with Gasteiger partial charge in [-0.3, -0.25) is 0 Å². The fourth-order valence-electron chi connectivity index (χ4n) is 2.40. The molecule has 0 heterocycles. The number of aromatic hydroxyl groups is 2. The monoisotopic (exact) mass is 258 g/mol. The number of phenols is 2. The fraction of sp³-hybridized carbons (Fsp3) is 0.200. The predicted octanol–water partition coefficient (Wildman–Crippen LogP) is 3.27. The van der Waals surface area contributed by atoms with E-state index in [0.29, 0.717) is 25.4 Å². The van der Waals surface area contributed by atoms with Crippen LogP contribution in [0.15, 0.2) is 42.5 Å². The standard InChI is InChI=1S/C15H15O2P/c16-13-9-14(18-10-5-1-2-6-10)15(17)12-8-4-3-7-11(12)13/h1,3-5,7-10,16-18H,2,6H2. The van der Waals surface area contributed by atoms with Gasteiger partial charge in [-0.2, -0.15) is 0 Å². The van der Waals surface area contributed by atoms with Crippen LogP contribution in [0, 0.1) is 0 Å². The lowest BCUT2D eigenvalue weighted by atomic mass is 10.1. The first-order valence-corrected chi connectivity index (χ1v) is 7.20. The van der Waals surface area contributed by atoms with E-state index >= 15 is 0 Å². The second-order valence-electron chi connectivity index (χ2n) is 4.59. The van der Waals surface area contributed by atoms with Gasteiger partial charge in [0.15, 0.2) is 0 Å². The summed E-state index contributed by atoms with van der Waals surface area (Å²) in [6.07, 6.45) is 6.67. The van der Waals surface area contributed by atoms with Gasteiger partial charge < -0.3 is 10.2 Å². The van der Waals surface area contributed by atoms with Gasteiger partial charge in [-0.1, -0.05) is 45.0 Å². The highest BCUT2D eigenvalue weighted by molar-refractivity contribution is 7.48. The van der Waals surface area contributed by atoms with E-state index in [9.17, 15) is 10.2 Å². The Labute approximate surface area is 108 Å². The Kier molecular flexibility index (Phi) is 2.97. The molecule has 0 saturated heterocycles. The minimum Gasteiger partial charge on any atom is -0.507 e. The molecule has 3 rings (SSSR count). The topological polar surface area (TPSA) is 40.5 Å². The first-order chi connectivity index (χ1) is 8.75. The maximum Gasteiger partial charge on any atom is 0.131 e. The van der Waals surface area contributed by atoms with Crippen molar-refractivity contribution in [3.8, 4) is 11.5 Å². The number of fused-ring (bicyclic) bond motifs is 1. The van der Waals surface area contributed by atoms with Gasteiger partial charge >= 0.3 is 0 Å². The molecule has 2 N–H and O–H groups in total. The highest BCUT2D eigenvalue weighted by Gasteiger charge is 2.15. The highest BCUT2D eigenvalue weighted by atomic mass is 31.1. The molecular formula is C15H15O2P. The van der Waals surface area contributed by atoms with Crippen LogP contribution in [0.3, 0.4) is 0 Å². The molecule has 1 aliphatic carbocycles. The van der Waals surface area contributed by atoms with Crippen LogP contribution in [0.1, 0.15) is 12.8 Å². The Balaban J connectivity index is 2.06. The number of allylic oxidation sites excluding steroid dienone is 2. The molecule has 0 aliphatic heterocycles. The zero-order valence-corrected chi connectivity index (χ0v) is 10.9. The number of phenolic OH excluding ortho intramolecular Hbond substituents is 2. The average Bonchev–Trinajstić information content (AvgIpc) is 2.89. The smallest absolute Gasteiger partial charge is 0.131 e. The van der Waals surface area contributed by atoms with Crippen molar-refractivity contribution in [3.63, 3.8) is 0 Å². The number of rotatable bonds is 2. The van der Waals surface area contributed by atoms with Crippen molar-refractivity contribution in [3.05, 3.63) is 42.5 Å². The van der Waals surface area contributed by atoms with Crippen LogP contribution in [0.25, 0.3) is 10.8 Å². The molecule has 2 atom stereocenters. The van der Waals surface area contributed by atoms with E-state index in [0.717, 1.165) is 23.5 Å². The molecule has 0 radical (unpaired) electrons. The maximum absolute atomic E-state index is 10.3. The number of hydrogen-bond donors (Lipinski definition) is 2. The van der Waals surface area contributed by atoms with Gasteiger partial charge in [0.2, 0.25) is 0 Å². The lowest BCUT2D eigenvalue weighted by Crippen LogP contribution is -2.02. The molecule has 2 nitrogen and oxygen atoms in total. The second kappa shape index (κ2) is 4.62. The normalized spacial score (nSPS) is 19.2. The van der Waals surface area contributed by atoms with Gasteiger partial charge in [-0.05, 0) is 24.6 Å². The molecule has 0 saturated carbocycles. The molecule has 2 aromatic carbocycles. The molecule has 3 heteroatoms. The summed E-state index contributed by atoms with van der Waals surface area (Å²) in [6, 6.07) is 9.13. The van der Waals surface area contributed by atoms with Crippen molar-refractivity contribution < 1.29 is 10.2 Å². The molecule has 2 unspecified atom stereocenters. The van der Waals surface area contributed by atoms with E-state index in [-0.39, 0.29) is 5.75 Å². The van der Waals surface area contributed by atoms with Crippen molar-refractivity contribution in [1.82, 2.24) is 0 Å². The van der Waals surface area contributed by atoms with Crippen molar-refractivity contribution in [2.75, 3.05) is 0 Å². The average molecular weight is 258 g/mol. The van der Waals surface area contributed by atoms with E-state index in [4.69, 9.17) is 0 Å². The van der Waals surface area contributed by atoms with Crippen LogP contribution in [0.5, 0.6) is 11.5 Å². The highest BCUT2D eigenvalue weighted by Crippen LogP contribution is 2.37. The molecule has 0 aromatic heterocycles. The van der Waals surface area contributed by atoms with Crippen molar-refractivity contribution in [1.29, 1.82) is 0 Å². The first-order valence-electron chi connectivity index (χ1n) is 6.12. The lowest BCUT2D eigenvalue weighted by molar-refractivity contribution is 0.473. The third kappa shape index (κ3) is 1.97. The van der Waals surface area contributed by atoms with E-state index in [2.05, 4.69) is 12.2 Å². The summed E-state index contributed by atoms with van der Waals surface area (Å²) in [7, 11) is 0.520. The van der Waals surface area contributed by atoms with E-state index < -0.39 is 0 Å². The van der Waals surface area contributed by atoms with Crippen molar-refractivity contribution in [2.24, 2.45) is 0 Å². The van der Waals surface area contributed by atoms with Gasteiger partial charge in [0.1, 0.15) is 11.5 Å². The van der Waals surface area contributed by atoms with Gasteiger partial charge in [-0.25, -0.2) is 0 Å². The van der Waals surface area contributed by atoms with Crippen LogP contribution >= 0.6 is 8.58 Å². The molecule has 1 aliphatic rings. The predicted molar refractivity (Wildman–Crippen MR) is 77.4 cm³/mol. The fourth-order valence-corrected chi connectivity index (χ4v) is 3.84. The molecular weight excluding hydrogens is 243 g/mol. The Morgan fingerprint density at radius 1 is 1.11 bits per heavy atom. The lowest BCUT2D eigenvalue weighted by Gasteiger charge is -2.13. The molecule has 18 heavy (non-hydrogen) atoms. The largest absolute Gasteiger partial charge is 0.507 e. The molecule has 0 bridgehead atoms. The van der Waals surface area contributed by atoms with E-state index in [1.807, 2.05) is 24.3 Å². The third-order valence-electron chi connectivity index (χ3n) is 3.35. The molecule has 0 spiro atoms. The zero-order valence-electron chi connectivity index (χ0n) is 9.93. The minimum atomic E-state index is 0.257. The summed E-state index contributed by atoms with van der Waals surface area (Å²) in [4.78, 5) is 0. The zero-order chi connectivity index (χ0) is 12.5. The summed E-state index contributed by atoms with van der Waals surface area (Å²) < 4.78 is 0. The Hall–Kier alpha value is -1.53. The first kappa shape index (κ1) is 11.6. The maximum atomic E-state index is 10.3. The molecule has 2 aromatic rings. The minimum absolute atomic E-state index is 0.257. The summed E-state index contributed by atoms with van der Waals surface area (Å²) in [5.41, 5.74) is 0.511. The van der Waals surface area contributed by atoms with Crippen LogP contribution < -0.4 is 5.30 Å². The van der Waals surface area contributed by atoms with Crippen LogP contribution in [-0.2, 0) is 0 Å². The van der Waals surface area contributed by atoms with E-state index in [1.165, 1.54) is 0 Å². The van der Waals surface area contributed by atoms with E-state index in [1.54, 1.807) is 6.07 Å². The number of hydrogen-bond acceptors (Lipinski definition) is 2. The summed E-state index contributed by atoms with van der Waals surface area (Å²) in [5, 5.41) is 22.6. The van der Waals surface area contributed by atoms with Gasteiger partial charge in [0.25, 0.3) is 0 Å². The number of benzene rings is 2. The van der Waals surface area contributed by atoms with Crippen LogP contribution in [0.4, 0.5) is 0 Å². The SMILES string of the molecule is Oc1cc(PC2C=CCC2)c(O)c2ccccc12. The summed E-state index contributed by atoms with van der Waals surface area (Å²) in [5.74, 6) is 0.579. The van der Waals surface area contributed by atoms with Crippen molar-refractivity contribution in [2.45, 2.75) is 18.5 Å². The summed E-state index contributed by atoms with van der Waals surface area (Å²) in [6.45, 7) is 0. The Morgan fingerprint density at radius 2 is 1.89 bits per heavy atom. The van der Waals surface area contributed by atoms with Crippen molar-refractivity contribution >= 4 is 24.7 Å². The van der Waals surface area contributed by atoms with Gasteiger partial charge in [0, 0.05) is 16.1 Å². The quantitative estimate of drug-likeness (QED) is 0.493. The Bertz CT molecular complexity index is 619. The van der Waals surface area contributed by atoms with Gasteiger partial charge in [-0.15, -0.1) is 0 Å². The van der Waals surface area contributed by atoms with Crippen LogP contribution in [-0.4, -0.2) is 15.9 Å². The van der Waals surface area contributed by atoms with Gasteiger partial charge in [0.05, 0.1) is 0 Å².